The summed E-state index contributed by atoms with van der Waals surface area (Å²) in [6.45, 7) is 2.75. The molecule has 0 spiro atoms. The summed E-state index contributed by atoms with van der Waals surface area (Å²) in [5.41, 5.74) is 7.96. The van der Waals surface area contributed by atoms with Gasteiger partial charge in [-0.05, 0) is 31.0 Å². The van der Waals surface area contributed by atoms with Gasteiger partial charge in [0.15, 0.2) is 9.84 Å². The quantitative estimate of drug-likeness (QED) is 0.912. The Bertz CT molecular complexity index is 541. The topological polar surface area (TPSA) is 63.4 Å². The van der Waals surface area contributed by atoms with Gasteiger partial charge in [-0.2, -0.15) is 11.8 Å². The van der Waals surface area contributed by atoms with Crippen molar-refractivity contribution in [2.24, 2.45) is 5.73 Å². The second kappa shape index (κ2) is 6.37. The molecule has 0 saturated carbocycles. The Morgan fingerprint density at radius 3 is 2.60 bits per heavy atom. The lowest BCUT2D eigenvalue weighted by molar-refractivity contribution is 0.584. The molecule has 0 bridgehead atoms. The van der Waals surface area contributed by atoms with E-state index in [0.717, 1.165) is 24.4 Å². The van der Waals surface area contributed by atoms with E-state index in [1.165, 1.54) is 11.8 Å². The normalized spacial score (nSPS) is 21.8. The minimum atomic E-state index is -3.07. The third-order valence-electron chi connectivity index (χ3n) is 3.40. The highest BCUT2D eigenvalue weighted by molar-refractivity contribution is 8.01. The standard InChI is InChI=1S/C14H22N2O2S2/c1-11(15)9-12-3-5-13(6-4-12)16-7-8-19-10-14(16)20(2,17)18/h3-6,11,14H,7-10,15H2,1-2H3. The van der Waals surface area contributed by atoms with Gasteiger partial charge in [-0.3, -0.25) is 0 Å². The van der Waals surface area contributed by atoms with Gasteiger partial charge < -0.3 is 10.6 Å². The summed E-state index contributed by atoms with van der Waals surface area (Å²) in [5.74, 6) is 1.61. The maximum Gasteiger partial charge on any atom is 0.169 e. The van der Waals surface area contributed by atoms with Crippen molar-refractivity contribution in [3.63, 3.8) is 0 Å². The molecule has 2 unspecified atom stereocenters. The molecule has 1 fully saturated rings. The molecule has 6 heteroatoms. The molecular weight excluding hydrogens is 292 g/mol. The summed E-state index contributed by atoms with van der Waals surface area (Å²) in [6, 6.07) is 8.23. The van der Waals surface area contributed by atoms with Crippen LogP contribution in [0.4, 0.5) is 5.69 Å². The van der Waals surface area contributed by atoms with Crippen molar-refractivity contribution >= 4 is 27.3 Å². The number of rotatable bonds is 4. The summed E-state index contributed by atoms with van der Waals surface area (Å²) < 4.78 is 23.8. The van der Waals surface area contributed by atoms with Gasteiger partial charge in [0.25, 0.3) is 0 Å². The first-order valence-corrected chi connectivity index (χ1v) is 9.86. The number of hydrogen-bond acceptors (Lipinski definition) is 5. The lowest BCUT2D eigenvalue weighted by Crippen LogP contribution is -2.47. The van der Waals surface area contributed by atoms with Gasteiger partial charge in [-0.15, -0.1) is 0 Å². The van der Waals surface area contributed by atoms with Crippen LogP contribution in [0.15, 0.2) is 24.3 Å². The minimum absolute atomic E-state index is 0.135. The van der Waals surface area contributed by atoms with Gasteiger partial charge in [-0.1, -0.05) is 12.1 Å². The number of anilines is 1. The summed E-state index contributed by atoms with van der Waals surface area (Å²) in [7, 11) is -3.07. The summed E-state index contributed by atoms with van der Waals surface area (Å²) >= 11 is 1.70. The van der Waals surface area contributed by atoms with E-state index in [2.05, 4.69) is 0 Å². The molecule has 1 saturated heterocycles. The summed E-state index contributed by atoms with van der Waals surface area (Å²) in [4.78, 5) is 2.00. The molecule has 2 atom stereocenters. The molecule has 1 aliphatic heterocycles. The van der Waals surface area contributed by atoms with Crippen LogP contribution in [0.1, 0.15) is 12.5 Å². The van der Waals surface area contributed by atoms with Crippen LogP contribution >= 0.6 is 11.8 Å². The largest absolute Gasteiger partial charge is 0.353 e. The Morgan fingerprint density at radius 2 is 2.05 bits per heavy atom. The third kappa shape index (κ3) is 3.90. The van der Waals surface area contributed by atoms with Crippen LogP contribution in [-0.2, 0) is 16.3 Å². The van der Waals surface area contributed by atoms with Crippen molar-refractivity contribution in [1.29, 1.82) is 0 Å². The fraction of sp³-hybridized carbons (Fsp3) is 0.571. The molecule has 4 nitrogen and oxygen atoms in total. The zero-order chi connectivity index (χ0) is 14.8. The number of nitrogens with zero attached hydrogens (tertiary/aromatic N) is 1. The highest BCUT2D eigenvalue weighted by Gasteiger charge is 2.30. The van der Waals surface area contributed by atoms with Crippen molar-refractivity contribution in [3.05, 3.63) is 29.8 Å². The van der Waals surface area contributed by atoms with E-state index >= 15 is 0 Å². The van der Waals surface area contributed by atoms with Crippen LogP contribution in [-0.4, -0.2) is 44.1 Å². The van der Waals surface area contributed by atoms with Crippen molar-refractivity contribution in [1.82, 2.24) is 0 Å². The Morgan fingerprint density at radius 1 is 1.40 bits per heavy atom. The molecule has 0 aromatic heterocycles. The average Bonchev–Trinajstić information content (AvgIpc) is 2.38. The number of thioether (sulfide) groups is 1. The molecule has 2 rings (SSSR count). The first kappa shape index (κ1) is 15.7. The lowest BCUT2D eigenvalue weighted by Gasteiger charge is -2.36. The number of hydrogen-bond donors (Lipinski definition) is 1. The van der Waals surface area contributed by atoms with Gasteiger partial charge in [-0.25, -0.2) is 8.42 Å². The second-order valence-corrected chi connectivity index (χ2v) is 8.75. The monoisotopic (exact) mass is 314 g/mol. The first-order chi connectivity index (χ1) is 9.38. The predicted octanol–water partition coefficient (Wildman–Crippen LogP) is 1.50. The van der Waals surface area contributed by atoms with Crippen molar-refractivity contribution < 1.29 is 8.42 Å². The first-order valence-electron chi connectivity index (χ1n) is 6.75. The fourth-order valence-corrected chi connectivity index (χ4v) is 5.27. The minimum Gasteiger partial charge on any atom is -0.353 e. The molecule has 20 heavy (non-hydrogen) atoms. The van der Waals surface area contributed by atoms with E-state index in [9.17, 15) is 8.42 Å². The maximum absolute atomic E-state index is 11.9. The molecular formula is C14H22N2O2S2. The van der Waals surface area contributed by atoms with Crippen molar-refractivity contribution in [2.75, 3.05) is 29.2 Å². The SMILES string of the molecule is CC(N)Cc1ccc(N2CCSCC2S(C)(=O)=O)cc1. The molecule has 1 heterocycles. The van der Waals surface area contributed by atoms with Crippen molar-refractivity contribution in [2.45, 2.75) is 24.8 Å². The van der Waals surface area contributed by atoms with E-state index in [1.807, 2.05) is 36.1 Å². The number of benzene rings is 1. The van der Waals surface area contributed by atoms with Gasteiger partial charge in [0.05, 0.1) is 0 Å². The zero-order valence-corrected chi connectivity index (χ0v) is 13.6. The lowest BCUT2D eigenvalue weighted by atomic mass is 10.1. The van der Waals surface area contributed by atoms with Crippen LogP contribution in [0, 0.1) is 0 Å². The molecule has 2 N–H and O–H groups in total. The van der Waals surface area contributed by atoms with Crippen LogP contribution in [0.25, 0.3) is 0 Å². The maximum atomic E-state index is 11.9. The van der Waals surface area contributed by atoms with E-state index in [1.54, 1.807) is 11.8 Å². The Hall–Kier alpha value is -0.720. The average molecular weight is 314 g/mol. The van der Waals surface area contributed by atoms with E-state index < -0.39 is 15.2 Å². The van der Waals surface area contributed by atoms with Gasteiger partial charge in [0.1, 0.15) is 5.37 Å². The predicted molar refractivity (Wildman–Crippen MR) is 87.1 cm³/mol. The van der Waals surface area contributed by atoms with E-state index in [0.29, 0.717) is 5.75 Å². The van der Waals surface area contributed by atoms with Crippen LogP contribution in [0.3, 0.4) is 0 Å². The number of nitrogens with two attached hydrogens (primary N) is 1. The summed E-state index contributed by atoms with van der Waals surface area (Å²) in [6.07, 6.45) is 2.16. The van der Waals surface area contributed by atoms with Crippen LogP contribution in [0.2, 0.25) is 0 Å². The summed E-state index contributed by atoms with van der Waals surface area (Å²) in [5, 5.41) is -0.416. The van der Waals surface area contributed by atoms with E-state index in [-0.39, 0.29) is 6.04 Å². The van der Waals surface area contributed by atoms with Crippen LogP contribution in [0.5, 0.6) is 0 Å². The third-order valence-corrected chi connectivity index (χ3v) is 6.05. The number of sulfone groups is 1. The Kier molecular flexibility index (Phi) is 4.99. The highest BCUT2D eigenvalue weighted by atomic mass is 32.2. The molecule has 0 radical (unpaired) electrons. The van der Waals surface area contributed by atoms with Gasteiger partial charge >= 0.3 is 0 Å². The van der Waals surface area contributed by atoms with Gasteiger partial charge in [0.2, 0.25) is 0 Å². The molecule has 1 aromatic carbocycles. The van der Waals surface area contributed by atoms with Gasteiger partial charge in [0, 0.05) is 36.0 Å². The van der Waals surface area contributed by atoms with Crippen molar-refractivity contribution in [3.8, 4) is 0 Å². The molecule has 0 aliphatic carbocycles. The van der Waals surface area contributed by atoms with E-state index in [4.69, 9.17) is 5.73 Å². The molecule has 1 aliphatic rings. The molecule has 1 aromatic rings. The molecule has 0 amide bonds. The highest BCUT2D eigenvalue weighted by Crippen LogP contribution is 2.27. The molecule has 112 valence electrons. The Balaban J connectivity index is 2.20. The smallest absolute Gasteiger partial charge is 0.169 e. The second-order valence-electron chi connectivity index (χ2n) is 5.40. The Labute approximate surface area is 125 Å². The zero-order valence-electron chi connectivity index (χ0n) is 12.0. The fourth-order valence-electron chi connectivity index (χ4n) is 2.43. The van der Waals surface area contributed by atoms with Crippen LogP contribution < -0.4 is 10.6 Å².